The average molecular weight is 858 g/mol. The molecule has 0 spiro atoms. The fourth-order valence-corrected chi connectivity index (χ4v) is 8.93. The minimum atomic E-state index is 0.511. The molecule has 0 atom stereocenters. The van der Waals surface area contributed by atoms with Crippen LogP contribution in [0.5, 0.6) is 0 Å². The minimum Gasteiger partial charge on any atom is -0.308 e. The molecule has 9 aromatic carbocycles. The zero-order chi connectivity index (χ0) is 44.5. The van der Waals surface area contributed by atoms with E-state index in [-0.39, 0.29) is 0 Å². The van der Waals surface area contributed by atoms with E-state index in [1.165, 1.54) is 0 Å². The van der Waals surface area contributed by atoms with Crippen LogP contribution >= 0.6 is 0 Å². The monoisotopic (exact) mass is 857 g/mol. The Morgan fingerprint density at radius 3 is 1.21 bits per heavy atom. The average Bonchev–Trinajstić information content (AvgIpc) is 3.76. The summed E-state index contributed by atoms with van der Waals surface area (Å²) in [7, 11) is 0. The van der Waals surface area contributed by atoms with Crippen LogP contribution in [0, 0.1) is 0 Å². The minimum absolute atomic E-state index is 0.511. The molecule has 0 bridgehead atoms. The maximum atomic E-state index is 5.41. The topological polar surface area (TPSA) is 82.3 Å². The van der Waals surface area contributed by atoms with Crippen molar-refractivity contribution in [1.29, 1.82) is 0 Å². The number of nitrogens with zero attached hydrogens (tertiary/aromatic N) is 7. The van der Waals surface area contributed by atoms with Gasteiger partial charge in [-0.05, 0) is 58.7 Å². The number of fused-ring (bicyclic) bond motifs is 3. The number of hydrogen-bond donors (Lipinski definition) is 0. The molecule has 7 heteroatoms. The van der Waals surface area contributed by atoms with Crippen molar-refractivity contribution in [2.24, 2.45) is 0 Å². The highest BCUT2D eigenvalue weighted by molar-refractivity contribution is 6.16. The predicted molar refractivity (Wildman–Crippen MR) is 271 cm³/mol. The van der Waals surface area contributed by atoms with Gasteiger partial charge in [0, 0.05) is 44.2 Å². The highest BCUT2D eigenvalue weighted by Crippen LogP contribution is 2.42. The summed E-state index contributed by atoms with van der Waals surface area (Å²) in [6.45, 7) is 0. The highest BCUT2D eigenvalue weighted by Gasteiger charge is 2.23. The first-order chi connectivity index (χ1) is 33.2. The Kier molecular flexibility index (Phi) is 10.0. The summed E-state index contributed by atoms with van der Waals surface area (Å²) < 4.78 is 2.34. The van der Waals surface area contributed by atoms with Gasteiger partial charge in [0.25, 0.3) is 0 Å². The number of rotatable bonds is 9. The molecule has 0 fully saturated rings. The van der Waals surface area contributed by atoms with Crippen molar-refractivity contribution in [2.45, 2.75) is 0 Å². The quantitative estimate of drug-likeness (QED) is 0.144. The third-order valence-electron chi connectivity index (χ3n) is 12.1. The molecule has 0 unspecified atom stereocenters. The Balaban J connectivity index is 1.15. The van der Waals surface area contributed by atoms with E-state index in [0.717, 1.165) is 83.1 Å². The van der Waals surface area contributed by atoms with Crippen LogP contribution in [-0.4, -0.2) is 34.5 Å². The third-order valence-corrected chi connectivity index (χ3v) is 12.1. The van der Waals surface area contributed by atoms with Gasteiger partial charge in [0.05, 0.1) is 16.7 Å². The molecule has 0 aliphatic rings. The molecule has 0 N–H and O–H groups in total. The molecule has 314 valence electrons. The summed E-state index contributed by atoms with van der Waals surface area (Å²) in [5, 5.41) is 2.30. The molecule has 3 aromatic heterocycles. The Hall–Kier alpha value is -9.20. The summed E-state index contributed by atoms with van der Waals surface area (Å²) >= 11 is 0. The second-order valence-corrected chi connectivity index (χ2v) is 16.3. The highest BCUT2D eigenvalue weighted by atomic mass is 15.1. The van der Waals surface area contributed by atoms with E-state index in [4.69, 9.17) is 29.9 Å². The van der Waals surface area contributed by atoms with Gasteiger partial charge in [-0.1, -0.05) is 200 Å². The number of aromatic nitrogens is 7. The molecule has 0 aliphatic heterocycles. The molecule has 12 rings (SSSR count). The zero-order valence-corrected chi connectivity index (χ0v) is 36.1. The zero-order valence-electron chi connectivity index (χ0n) is 36.1. The Bertz CT molecular complexity index is 3670. The molecule has 3 heterocycles. The molecule has 0 aliphatic carbocycles. The predicted octanol–water partition coefficient (Wildman–Crippen LogP) is 14.5. The van der Waals surface area contributed by atoms with E-state index in [9.17, 15) is 0 Å². The fraction of sp³-hybridized carbons (Fsp3) is 0. The smallest absolute Gasteiger partial charge is 0.166 e. The SMILES string of the molecule is c1ccc(-c2cccc(-c3nc(-c4ccccc4)nc(-c4cc(-c5nc(-c6ccccc6)nc(-c6ccccc6)n5)ccc4-n4c5ccccc5c5c(-c6ccccc6)cccc54)n3)c2)cc1. The molecule has 0 radical (unpaired) electrons. The lowest BCUT2D eigenvalue weighted by Crippen LogP contribution is -2.05. The summed E-state index contributed by atoms with van der Waals surface area (Å²) in [5.41, 5.74) is 12.6. The number of para-hydroxylation sites is 1. The van der Waals surface area contributed by atoms with Crippen molar-refractivity contribution >= 4 is 21.8 Å². The standard InChI is InChI=1S/C60H39N7/c1-6-20-40(21-7-1)45-30-18-31-46(38-45)58-64-57(44-28-14-5-15-29-44)65-60(66-58)50-39-47(59-62-55(42-24-10-3-11-25-42)61-56(63-59)43-26-12-4-13-27-43)36-37-52(50)67-51-34-17-16-32-49(51)54-48(33-19-35-53(54)67)41-22-8-2-9-23-41/h1-39H. The van der Waals surface area contributed by atoms with Crippen LogP contribution in [0.3, 0.4) is 0 Å². The van der Waals surface area contributed by atoms with Gasteiger partial charge in [-0.3, -0.25) is 0 Å². The fourth-order valence-electron chi connectivity index (χ4n) is 8.93. The molecule has 0 saturated carbocycles. The van der Waals surface area contributed by atoms with Crippen molar-refractivity contribution in [1.82, 2.24) is 34.5 Å². The van der Waals surface area contributed by atoms with Crippen molar-refractivity contribution in [3.8, 4) is 96.3 Å². The lowest BCUT2D eigenvalue weighted by atomic mass is 9.99. The second kappa shape index (κ2) is 17.1. The van der Waals surface area contributed by atoms with Crippen LogP contribution in [0.2, 0.25) is 0 Å². The first kappa shape index (κ1) is 39.4. The molecule has 0 saturated heterocycles. The van der Waals surface area contributed by atoms with Gasteiger partial charge in [0.15, 0.2) is 34.9 Å². The summed E-state index contributed by atoms with van der Waals surface area (Å²) in [6.07, 6.45) is 0. The molecule has 12 aromatic rings. The Morgan fingerprint density at radius 1 is 0.239 bits per heavy atom. The lowest BCUT2D eigenvalue weighted by Gasteiger charge is -2.16. The van der Waals surface area contributed by atoms with E-state index >= 15 is 0 Å². The second-order valence-electron chi connectivity index (χ2n) is 16.3. The molecule has 0 amide bonds. The third kappa shape index (κ3) is 7.50. The van der Waals surface area contributed by atoms with Crippen molar-refractivity contribution in [3.05, 3.63) is 237 Å². The van der Waals surface area contributed by atoms with E-state index in [1.54, 1.807) is 0 Å². The van der Waals surface area contributed by atoms with Crippen LogP contribution in [0.1, 0.15) is 0 Å². The molecular formula is C60H39N7. The van der Waals surface area contributed by atoms with Gasteiger partial charge < -0.3 is 4.57 Å². The summed E-state index contributed by atoms with van der Waals surface area (Å²) in [6, 6.07) is 81.1. The van der Waals surface area contributed by atoms with E-state index in [2.05, 4.69) is 144 Å². The van der Waals surface area contributed by atoms with Gasteiger partial charge in [-0.25, -0.2) is 29.9 Å². The van der Waals surface area contributed by atoms with Crippen molar-refractivity contribution in [3.63, 3.8) is 0 Å². The van der Waals surface area contributed by atoms with E-state index in [1.807, 2.05) is 97.1 Å². The normalized spacial score (nSPS) is 11.3. The maximum absolute atomic E-state index is 5.41. The summed E-state index contributed by atoms with van der Waals surface area (Å²) in [4.78, 5) is 31.3. The van der Waals surface area contributed by atoms with Crippen LogP contribution in [-0.2, 0) is 0 Å². The molecule has 67 heavy (non-hydrogen) atoms. The number of benzene rings is 9. The number of hydrogen-bond acceptors (Lipinski definition) is 6. The van der Waals surface area contributed by atoms with Crippen molar-refractivity contribution in [2.75, 3.05) is 0 Å². The first-order valence-corrected chi connectivity index (χ1v) is 22.3. The van der Waals surface area contributed by atoms with Crippen LogP contribution < -0.4 is 0 Å². The van der Waals surface area contributed by atoms with Crippen molar-refractivity contribution < 1.29 is 0 Å². The summed E-state index contributed by atoms with van der Waals surface area (Å²) in [5.74, 6) is 3.33. The van der Waals surface area contributed by atoms with Gasteiger partial charge in [-0.2, -0.15) is 0 Å². The van der Waals surface area contributed by atoms with E-state index < -0.39 is 0 Å². The Labute approximate surface area is 387 Å². The van der Waals surface area contributed by atoms with Gasteiger partial charge in [0.2, 0.25) is 0 Å². The van der Waals surface area contributed by atoms with Crippen LogP contribution in [0.25, 0.3) is 118 Å². The van der Waals surface area contributed by atoms with Crippen LogP contribution in [0.15, 0.2) is 237 Å². The molecule has 7 nitrogen and oxygen atoms in total. The van der Waals surface area contributed by atoms with E-state index in [0.29, 0.717) is 34.9 Å². The maximum Gasteiger partial charge on any atom is 0.166 e. The first-order valence-electron chi connectivity index (χ1n) is 22.3. The van der Waals surface area contributed by atoms with Crippen LogP contribution in [0.4, 0.5) is 0 Å². The largest absolute Gasteiger partial charge is 0.308 e. The van der Waals surface area contributed by atoms with Gasteiger partial charge in [0.1, 0.15) is 0 Å². The van der Waals surface area contributed by atoms with Gasteiger partial charge >= 0.3 is 0 Å². The molecular weight excluding hydrogens is 819 g/mol. The van der Waals surface area contributed by atoms with Gasteiger partial charge in [-0.15, -0.1) is 0 Å². The lowest BCUT2D eigenvalue weighted by molar-refractivity contribution is 1.06. The Morgan fingerprint density at radius 2 is 0.642 bits per heavy atom.